The summed E-state index contributed by atoms with van der Waals surface area (Å²) in [5.74, 6) is 1.50. The summed E-state index contributed by atoms with van der Waals surface area (Å²) in [6.45, 7) is 2.25. The highest BCUT2D eigenvalue weighted by Gasteiger charge is 2.44. The Bertz CT molecular complexity index is 808. The summed E-state index contributed by atoms with van der Waals surface area (Å²) in [4.78, 5) is 16.9. The van der Waals surface area contributed by atoms with Crippen molar-refractivity contribution in [2.24, 2.45) is 0 Å². The average Bonchev–Trinajstić information content (AvgIpc) is 3.21. The van der Waals surface area contributed by atoms with E-state index in [1.165, 1.54) is 0 Å². The van der Waals surface area contributed by atoms with Crippen molar-refractivity contribution < 1.29 is 14.3 Å². The van der Waals surface area contributed by atoms with E-state index in [-0.39, 0.29) is 6.03 Å². The summed E-state index contributed by atoms with van der Waals surface area (Å²) >= 11 is 0. The zero-order chi connectivity index (χ0) is 20.9. The lowest BCUT2D eigenvalue weighted by atomic mass is 9.86. The van der Waals surface area contributed by atoms with Crippen molar-refractivity contribution >= 4 is 11.7 Å². The van der Waals surface area contributed by atoms with Gasteiger partial charge in [-0.2, -0.15) is 0 Å². The number of anilines is 1. The van der Waals surface area contributed by atoms with E-state index in [9.17, 15) is 4.79 Å². The predicted octanol–water partition coefficient (Wildman–Crippen LogP) is 1.41. The maximum absolute atomic E-state index is 12.9. The Hall–Kier alpha value is -2.72. The van der Waals surface area contributed by atoms with Gasteiger partial charge in [0, 0.05) is 25.9 Å². The topological polar surface area (TPSA) is 97.6 Å². The molecule has 0 aliphatic carbocycles. The molecular weight excluding hydrogens is 374 g/mol. The molecule has 1 aliphatic rings. The van der Waals surface area contributed by atoms with E-state index < -0.39 is 5.54 Å². The van der Waals surface area contributed by atoms with Gasteiger partial charge in [-0.05, 0) is 61.6 Å². The van der Waals surface area contributed by atoms with Gasteiger partial charge in [-0.15, -0.1) is 5.10 Å². The smallest absolute Gasteiger partial charge is 0.321 e. The average molecular weight is 403 g/mol. The first-order valence-electron chi connectivity index (χ1n) is 9.63. The molecule has 2 amide bonds. The molecule has 1 aromatic heterocycles. The number of urea groups is 1. The Morgan fingerprint density at radius 2 is 2.03 bits per heavy atom. The number of nitrogens with zero attached hydrogens (tertiary/aromatic N) is 6. The number of carbonyl (C=O) groups excluding carboxylic acids is 1. The van der Waals surface area contributed by atoms with Gasteiger partial charge in [0.1, 0.15) is 11.3 Å². The fourth-order valence-electron chi connectivity index (χ4n) is 3.70. The Morgan fingerprint density at radius 3 is 2.69 bits per heavy atom. The lowest BCUT2D eigenvalue weighted by Gasteiger charge is -2.45. The fourth-order valence-corrected chi connectivity index (χ4v) is 3.70. The standard InChI is InChI=1S/C19H29N7O3/c1-24(2)19(17-21-22-23-26(17)12-13-28-3)10-5-11-25(14-19)18(27)20-15-6-8-16(29-4)9-7-15/h6-9H,5,10-14H2,1-4H3,(H,20,27). The molecule has 2 aromatic rings. The Labute approximate surface area is 170 Å². The highest BCUT2D eigenvalue weighted by atomic mass is 16.5. The van der Waals surface area contributed by atoms with E-state index in [0.717, 1.165) is 30.1 Å². The number of nitrogens with one attached hydrogen (secondary N) is 1. The van der Waals surface area contributed by atoms with Crippen molar-refractivity contribution in [3.63, 3.8) is 0 Å². The summed E-state index contributed by atoms with van der Waals surface area (Å²) < 4.78 is 12.1. The van der Waals surface area contributed by atoms with Crippen molar-refractivity contribution in [2.75, 3.05) is 53.3 Å². The molecule has 0 saturated carbocycles. The third-order valence-corrected chi connectivity index (χ3v) is 5.41. The Morgan fingerprint density at radius 1 is 1.28 bits per heavy atom. The molecule has 2 heterocycles. The first-order chi connectivity index (χ1) is 14.0. The van der Waals surface area contributed by atoms with Crippen LogP contribution >= 0.6 is 0 Å². The van der Waals surface area contributed by atoms with Crippen LogP contribution < -0.4 is 10.1 Å². The van der Waals surface area contributed by atoms with Crippen molar-refractivity contribution in [3.05, 3.63) is 30.1 Å². The number of tetrazole rings is 1. The highest BCUT2D eigenvalue weighted by Crippen LogP contribution is 2.35. The molecule has 1 fully saturated rings. The molecule has 29 heavy (non-hydrogen) atoms. The van der Waals surface area contributed by atoms with Crippen LogP contribution in [0.25, 0.3) is 0 Å². The van der Waals surface area contributed by atoms with E-state index >= 15 is 0 Å². The molecular formula is C19H29N7O3. The monoisotopic (exact) mass is 403 g/mol. The van der Waals surface area contributed by atoms with Gasteiger partial charge >= 0.3 is 6.03 Å². The summed E-state index contributed by atoms with van der Waals surface area (Å²) in [5.41, 5.74) is 0.258. The number of rotatable bonds is 7. The number of hydrogen-bond acceptors (Lipinski definition) is 7. The zero-order valence-corrected chi connectivity index (χ0v) is 17.5. The van der Waals surface area contributed by atoms with Crippen molar-refractivity contribution in [3.8, 4) is 5.75 Å². The SMILES string of the molecule is COCCn1nnnc1C1(N(C)C)CCCN(C(=O)Nc2ccc(OC)cc2)C1. The van der Waals surface area contributed by atoms with E-state index in [1.54, 1.807) is 18.9 Å². The normalized spacial score (nSPS) is 19.4. The largest absolute Gasteiger partial charge is 0.497 e. The zero-order valence-electron chi connectivity index (χ0n) is 17.5. The van der Waals surface area contributed by atoms with Crippen LogP contribution in [0, 0.1) is 0 Å². The minimum atomic E-state index is -0.466. The first-order valence-corrected chi connectivity index (χ1v) is 9.63. The lowest BCUT2D eigenvalue weighted by Crippen LogP contribution is -2.57. The molecule has 0 bridgehead atoms. The van der Waals surface area contributed by atoms with Crippen LogP contribution in [0.15, 0.2) is 24.3 Å². The number of likely N-dealkylation sites (tertiary alicyclic amines) is 1. The summed E-state index contributed by atoms with van der Waals surface area (Å²) in [7, 11) is 7.26. The van der Waals surface area contributed by atoms with E-state index in [2.05, 4.69) is 25.7 Å². The first kappa shape index (κ1) is 21.0. The van der Waals surface area contributed by atoms with Crippen molar-refractivity contribution in [1.82, 2.24) is 30.0 Å². The summed E-state index contributed by atoms with van der Waals surface area (Å²) in [6, 6.07) is 7.15. The number of benzene rings is 1. The quantitative estimate of drug-likeness (QED) is 0.746. The van der Waals surface area contributed by atoms with Gasteiger partial charge in [0.2, 0.25) is 0 Å². The van der Waals surface area contributed by atoms with E-state index in [1.807, 2.05) is 43.3 Å². The maximum atomic E-state index is 12.9. The van der Waals surface area contributed by atoms with E-state index in [4.69, 9.17) is 9.47 Å². The van der Waals surface area contributed by atoms with Crippen LogP contribution in [0.5, 0.6) is 5.75 Å². The number of methoxy groups -OCH3 is 2. The molecule has 1 aromatic carbocycles. The fraction of sp³-hybridized carbons (Fsp3) is 0.579. The van der Waals surface area contributed by atoms with Gasteiger partial charge in [-0.3, -0.25) is 4.90 Å². The minimum Gasteiger partial charge on any atom is -0.497 e. The van der Waals surface area contributed by atoms with Gasteiger partial charge < -0.3 is 19.7 Å². The number of piperidine rings is 1. The third-order valence-electron chi connectivity index (χ3n) is 5.41. The second-order valence-corrected chi connectivity index (χ2v) is 7.33. The summed E-state index contributed by atoms with van der Waals surface area (Å²) in [6.07, 6.45) is 1.71. The highest BCUT2D eigenvalue weighted by molar-refractivity contribution is 5.89. The molecule has 158 valence electrons. The van der Waals surface area contributed by atoms with Crippen molar-refractivity contribution in [1.29, 1.82) is 0 Å². The van der Waals surface area contributed by atoms with Crippen LogP contribution in [0.3, 0.4) is 0 Å². The van der Waals surface area contributed by atoms with Gasteiger partial charge in [0.25, 0.3) is 0 Å². The Balaban J connectivity index is 1.78. The van der Waals surface area contributed by atoms with Gasteiger partial charge in [-0.1, -0.05) is 0 Å². The molecule has 1 saturated heterocycles. The van der Waals surface area contributed by atoms with Crippen LogP contribution in [0.1, 0.15) is 18.7 Å². The van der Waals surface area contributed by atoms with Crippen molar-refractivity contribution in [2.45, 2.75) is 24.9 Å². The number of aromatic nitrogens is 4. The molecule has 1 atom stereocenters. The van der Waals surface area contributed by atoms with Gasteiger partial charge in [-0.25, -0.2) is 9.48 Å². The molecule has 1 aliphatic heterocycles. The molecule has 1 unspecified atom stereocenters. The number of hydrogen-bond donors (Lipinski definition) is 1. The molecule has 10 nitrogen and oxygen atoms in total. The molecule has 1 N–H and O–H groups in total. The molecule has 3 rings (SSSR count). The van der Waals surface area contributed by atoms with Gasteiger partial charge in [0.15, 0.2) is 5.82 Å². The number of ether oxygens (including phenoxy) is 2. The van der Waals surface area contributed by atoms with E-state index in [0.29, 0.717) is 26.2 Å². The lowest BCUT2D eigenvalue weighted by molar-refractivity contribution is 0.0473. The number of carbonyl (C=O) groups is 1. The third kappa shape index (κ3) is 4.48. The predicted molar refractivity (Wildman–Crippen MR) is 108 cm³/mol. The summed E-state index contributed by atoms with van der Waals surface area (Å²) in [5, 5.41) is 15.3. The van der Waals surface area contributed by atoms with Gasteiger partial charge in [0.05, 0.1) is 20.3 Å². The van der Waals surface area contributed by atoms with Crippen LogP contribution in [0.2, 0.25) is 0 Å². The molecule has 10 heteroatoms. The Kier molecular flexibility index (Phi) is 6.65. The second kappa shape index (κ2) is 9.19. The molecule has 0 radical (unpaired) electrons. The van der Waals surface area contributed by atoms with Crippen LogP contribution in [-0.4, -0.2) is 84.0 Å². The van der Waals surface area contributed by atoms with Crippen LogP contribution in [0.4, 0.5) is 10.5 Å². The second-order valence-electron chi connectivity index (χ2n) is 7.33. The minimum absolute atomic E-state index is 0.142. The molecule has 0 spiro atoms. The maximum Gasteiger partial charge on any atom is 0.321 e. The number of amides is 2. The number of likely N-dealkylation sites (N-methyl/N-ethyl adjacent to an activating group) is 1. The van der Waals surface area contributed by atoms with Crippen LogP contribution in [-0.2, 0) is 16.8 Å².